The maximum Gasteiger partial charge on any atom is 0.242 e. The van der Waals surface area contributed by atoms with Crippen LogP contribution < -0.4 is 10.6 Å². The third-order valence-electron chi connectivity index (χ3n) is 7.39. The molecule has 1 unspecified atom stereocenters. The van der Waals surface area contributed by atoms with E-state index in [1.54, 1.807) is 0 Å². The summed E-state index contributed by atoms with van der Waals surface area (Å²) in [5.74, 6) is 1.69. The van der Waals surface area contributed by atoms with E-state index in [0.29, 0.717) is 13.1 Å². The number of para-hydroxylation sites is 1. The number of thiophene rings is 1. The molecule has 2 aromatic heterocycles. The van der Waals surface area contributed by atoms with Crippen molar-refractivity contribution in [1.82, 2.24) is 25.1 Å². The maximum atomic E-state index is 13.3. The van der Waals surface area contributed by atoms with Gasteiger partial charge in [-0.1, -0.05) is 44.2 Å². The van der Waals surface area contributed by atoms with Crippen LogP contribution in [-0.4, -0.2) is 63.9 Å². The quantitative estimate of drug-likeness (QED) is 0.441. The Kier molecular flexibility index (Phi) is 6.33. The Balaban J connectivity index is 1.29. The number of nitrogens with zero attached hydrogens (tertiary/aromatic N) is 4. The predicted octanol–water partition coefficient (Wildman–Crippen LogP) is 4.10. The van der Waals surface area contributed by atoms with E-state index in [-0.39, 0.29) is 23.9 Å². The molecule has 4 aromatic rings. The number of carbonyl (C=O) groups is 1. The number of nitrogens with one attached hydrogen (secondary N) is 2. The van der Waals surface area contributed by atoms with E-state index in [2.05, 4.69) is 63.9 Å². The molecule has 2 bridgehead atoms. The van der Waals surface area contributed by atoms with Gasteiger partial charge in [-0.05, 0) is 40.4 Å². The Bertz CT molecular complexity index is 1400. The van der Waals surface area contributed by atoms with E-state index in [4.69, 9.17) is 9.97 Å². The molecule has 0 radical (unpaired) electrons. The van der Waals surface area contributed by atoms with Gasteiger partial charge in [0.1, 0.15) is 17.7 Å². The smallest absolute Gasteiger partial charge is 0.242 e. The molecule has 0 spiro atoms. The average molecular weight is 501 g/mol. The Labute approximate surface area is 215 Å². The molecule has 2 aliphatic heterocycles. The van der Waals surface area contributed by atoms with Crippen LogP contribution in [0, 0.1) is 5.92 Å². The summed E-state index contributed by atoms with van der Waals surface area (Å²) in [5, 5.41) is 11.3. The standard InChI is InChI=1S/C28H32N6OS/c1-18(2)26-28(35)29-13-20-15-33(14-19-17-36-24-10-6-4-7-21(19)24)11-12-34(20)16-25-30-23-9-5-3-8-22(23)27(31-25)32-26/h3-10,17-18,20,26H,11-16H2,1-2H3,(H,29,35)(H,30,31,32)/t20?,26-/m0/s1. The first-order valence-electron chi connectivity index (χ1n) is 12.8. The number of fused-ring (bicyclic) bond motifs is 6. The first kappa shape index (κ1) is 23.3. The van der Waals surface area contributed by atoms with Gasteiger partial charge in [0.2, 0.25) is 5.91 Å². The maximum absolute atomic E-state index is 13.3. The van der Waals surface area contributed by atoms with Gasteiger partial charge in [-0.2, -0.15) is 0 Å². The highest BCUT2D eigenvalue weighted by Crippen LogP contribution is 2.28. The number of anilines is 1. The summed E-state index contributed by atoms with van der Waals surface area (Å²) in [6, 6.07) is 16.5. The van der Waals surface area contributed by atoms with E-state index >= 15 is 0 Å². The van der Waals surface area contributed by atoms with Crippen LogP contribution in [0.15, 0.2) is 53.9 Å². The number of aromatic nitrogens is 2. The van der Waals surface area contributed by atoms with Crippen molar-refractivity contribution in [2.45, 2.75) is 39.0 Å². The number of carbonyl (C=O) groups excluding carboxylic acids is 1. The molecule has 4 heterocycles. The van der Waals surface area contributed by atoms with E-state index in [1.165, 1.54) is 15.6 Å². The van der Waals surface area contributed by atoms with Crippen molar-refractivity contribution in [3.8, 4) is 0 Å². The fourth-order valence-corrected chi connectivity index (χ4v) is 6.35. The third kappa shape index (κ3) is 4.56. The Morgan fingerprint density at radius 1 is 1.06 bits per heavy atom. The zero-order valence-corrected chi connectivity index (χ0v) is 21.6. The lowest BCUT2D eigenvalue weighted by molar-refractivity contribution is -0.123. The van der Waals surface area contributed by atoms with Crippen molar-refractivity contribution in [3.63, 3.8) is 0 Å². The van der Waals surface area contributed by atoms with Crippen molar-refractivity contribution in [2.24, 2.45) is 5.92 Å². The fraction of sp³-hybridized carbons (Fsp3) is 0.393. The molecule has 2 aliphatic rings. The van der Waals surface area contributed by atoms with Gasteiger partial charge in [0, 0.05) is 48.9 Å². The highest BCUT2D eigenvalue weighted by molar-refractivity contribution is 7.17. The number of benzene rings is 2. The van der Waals surface area contributed by atoms with E-state index in [0.717, 1.165) is 48.7 Å². The highest BCUT2D eigenvalue weighted by Gasteiger charge is 2.31. The zero-order valence-electron chi connectivity index (χ0n) is 20.8. The molecule has 6 rings (SSSR count). The molecule has 7 nitrogen and oxygen atoms in total. The minimum Gasteiger partial charge on any atom is -0.358 e. The molecule has 36 heavy (non-hydrogen) atoms. The van der Waals surface area contributed by atoms with Crippen molar-refractivity contribution >= 4 is 44.1 Å². The number of hydrogen-bond donors (Lipinski definition) is 2. The van der Waals surface area contributed by atoms with Crippen LogP contribution >= 0.6 is 11.3 Å². The van der Waals surface area contributed by atoms with E-state index in [1.807, 2.05) is 35.6 Å². The molecule has 0 aliphatic carbocycles. The van der Waals surface area contributed by atoms with Crippen LogP contribution in [-0.2, 0) is 17.9 Å². The summed E-state index contributed by atoms with van der Waals surface area (Å²) in [4.78, 5) is 28.1. The molecule has 8 heteroatoms. The van der Waals surface area contributed by atoms with Crippen LogP contribution in [0.3, 0.4) is 0 Å². The molecular formula is C28H32N6OS. The Morgan fingerprint density at radius 2 is 1.86 bits per heavy atom. The fourth-order valence-electron chi connectivity index (χ4n) is 5.40. The van der Waals surface area contributed by atoms with Gasteiger partial charge in [0.15, 0.2) is 0 Å². The molecule has 2 atom stereocenters. The van der Waals surface area contributed by atoms with Crippen LogP contribution in [0.4, 0.5) is 5.82 Å². The van der Waals surface area contributed by atoms with Gasteiger partial charge in [-0.3, -0.25) is 14.6 Å². The van der Waals surface area contributed by atoms with Crippen molar-refractivity contribution in [1.29, 1.82) is 0 Å². The number of piperazine rings is 1. The van der Waals surface area contributed by atoms with Gasteiger partial charge in [0.25, 0.3) is 0 Å². The molecule has 1 fully saturated rings. The lowest BCUT2D eigenvalue weighted by Gasteiger charge is -2.41. The first-order chi connectivity index (χ1) is 17.5. The van der Waals surface area contributed by atoms with Gasteiger partial charge in [0.05, 0.1) is 12.1 Å². The van der Waals surface area contributed by atoms with E-state index in [9.17, 15) is 4.79 Å². The molecule has 1 amide bonds. The topological polar surface area (TPSA) is 73.4 Å². The number of rotatable bonds is 3. The summed E-state index contributed by atoms with van der Waals surface area (Å²) >= 11 is 1.81. The second-order valence-corrected chi connectivity index (χ2v) is 11.1. The van der Waals surface area contributed by atoms with Crippen LogP contribution in [0.5, 0.6) is 0 Å². The van der Waals surface area contributed by atoms with Gasteiger partial charge in [-0.25, -0.2) is 9.97 Å². The second kappa shape index (κ2) is 9.76. The molecule has 2 N–H and O–H groups in total. The monoisotopic (exact) mass is 500 g/mol. The Morgan fingerprint density at radius 3 is 2.72 bits per heavy atom. The lowest BCUT2D eigenvalue weighted by Crippen LogP contribution is -2.57. The molecule has 2 aromatic carbocycles. The normalized spacial score (nSPS) is 21.7. The Hall–Kier alpha value is -3.07. The summed E-state index contributed by atoms with van der Waals surface area (Å²) in [5.41, 5.74) is 2.29. The average Bonchev–Trinajstić information content (AvgIpc) is 3.28. The SMILES string of the molecule is CC(C)[C@@H]1Nc2nc(nc3ccccc23)CN2CCN(Cc3csc4ccccc34)CC2CNC1=O. The number of amides is 1. The van der Waals surface area contributed by atoms with Gasteiger partial charge in [-0.15, -0.1) is 11.3 Å². The predicted molar refractivity (Wildman–Crippen MR) is 146 cm³/mol. The minimum atomic E-state index is -0.362. The lowest BCUT2D eigenvalue weighted by atomic mass is 10.0. The highest BCUT2D eigenvalue weighted by atomic mass is 32.1. The van der Waals surface area contributed by atoms with Crippen molar-refractivity contribution < 1.29 is 4.79 Å². The number of hydrogen-bond acceptors (Lipinski definition) is 7. The van der Waals surface area contributed by atoms with Crippen LogP contribution in [0.25, 0.3) is 21.0 Å². The summed E-state index contributed by atoms with van der Waals surface area (Å²) < 4.78 is 1.34. The van der Waals surface area contributed by atoms with Crippen molar-refractivity contribution in [2.75, 3.05) is 31.5 Å². The third-order valence-corrected chi connectivity index (χ3v) is 8.40. The summed E-state index contributed by atoms with van der Waals surface area (Å²) in [6.45, 7) is 9.13. The molecule has 1 saturated heterocycles. The van der Waals surface area contributed by atoms with Gasteiger partial charge < -0.3 is 10.6 Å². The largest absolute Gasteiger partial charge is 0.358 e. The summed E-state index contributed by atoms with van der Waals surface area (Å²) in [6.07, 6.45) is 0. The van der Waals surface area contributed by atoms with Gasteiger partial charge >= 0.3 is 0 Å². The van der Waals surface area contributed by atoms with Crippen LogP contribution in [0.2, 0.25) is 0 Å². The van der Waals surface area contributed by atoms with Crippen molar-refractivity contribution in [3.05, 3.63) is 65.3 Å². The minimum absolute atomic E-state index is 0.0250. The summed E-state index contributed by atoms with van der Waals surface area (Å²) in [7, 11) is 0. The first-order valence-corrected chi connectivity index (χ1v) is 13.6. The zero-order chi connectivity index (χ0) is 24.6. The van der Waals surface area contributed by atoms with E-state index < -0.39 is 0 Å². The molecular weight excluding hydrogens is 468 g/mol. The molecule has 186 valence electrons. The molecule has 0 saturated carbocycles. The second-order valence-electron chi connectivity index (χ2n) is 10.2. The van der Waals surface area contributed by atoms with Crippen LogP contribution in [0.1, 0.15) is 25.2 Å².